The van der Waals surface area contributed by atoms with Gasteiger partial charge in [0.25, 0.3) is 0 Å². The lowest BCUT2D eigenvalue weighted by atomic mass is 10.1. The molecule has 16 heavy (non-hydrogen) atoms. The fourth-order valence-corrected chi connectivity index (χ4v) is 2.44. The summed E-state index contributed by atoms with van der Waals surface area (Å²) >= 11 is 9.02. The van der Waals surface area contributed by atoms with Gasteiger partial charge in [-0.15, -0.1) is 0 Å². The normalized spacial score (nSPS) is 11.8. The first kappa shape index (κ1) is 14.2. The van der Waals surface area contributed by atoms with Crippen molar-refractivity contribution in [2.75, 3.05) is 5.33 Å². The Morgan fingerprint density at radius 2 is 2.00 bits per heavy atom. The number of benzene rings is 1. The zero-order chi connectivity index (χ0) is 12.2. The molecule has 0 aliphatic heterocycles. The van der Waals surface area contributed by atoms with Crippen molar-refractivity contribution in [1.29, 1.82) is 0 Å². The lowest BCUT2D eigenvalue weighted by Gasteiger charge is -2.10. The Bertz CT molecular complexity index is 354. The van der Waals surface area contributed by atoms with Crippen LogP contribution in [0.15, 0.2) is 23.1 Å². The highest BCUT2D eigenvalue weighted by atomic mass is 79.9. The summed E-state index contributed by atoms with van der Waals surface area (Å²) in [5.74, 6) is 0. The van der Waals surface area contributed by atoms with Crippen LogP contribution in [0.3, 0.4) is 0 Å². The number of halogens is 5. The summed E-state index contributed by atoms with van der Waals surface area (Å²) in [6.07, 6.45) is 1.52. The topological polar surface area (TPSA) is 0 Å². The molecule has 0 heterocycles. The average Bonchev–Trinajstić information content (AvgIpc) is 2.17. The second kappa shape index (κ2) is 6.17. The van der Waals surface area contributed by atoms with Crippen LogP contribution in [0.25, 0.3) is 0 Å². The van der Waals surface area contributed by atoms with E-state index in [1.54, 1.807) is 12.1 Å². The number of hydrogen-bond acceptors (Lipinski definition) is 1. The van der Waals surface area contributed by atoms with E-state index in [0.717, 1.165) is 17.3 Å². The molecule has 0 bridgehead atoms. The maximum absolute atomic E-state index is 12.2. The van der Waals surface area contributed by atoms with Gasteiger partial charge < -0.3 is 0 Å². The SMILES string of the molecule is FC(F)(F)Sc1cccc(CCCBr)c1Cl. The van der Waals surface area contributed by atoms with E-state index < -0.39 is 5.51 Å². The summed E-state index contributed by atoms with van der Waals surface area (Å²) in [6.45, 7) is 0. The van der Waals surface area contributed by atoms with Gasteiger partial charge >= 0.3 is 5.51 Å². The van der Waals surface area contributed by atoms with Crippen molar-refractivity contribution in [1.82, 2.24) is 0 Å². The van der Waals surface area contributed by atoms with Crippen LogP contribution in [0.2, 0.25) is 5.02 Å². The molecule has 0 saturated carbocycles. The first-order chi connectivity index (χ1) is 7.44. The van der Waals surface area contributed by atoms with Crippen LogP contribution in [-0.4, -0.2) is 10.8 Å². The lowest BCUT2D eigenvalue weighted by molar-refractivity contribution is -0.0328. The third-order valence-electron chi connectivity index (χ3n) is 1.85. The molecular formula is C10H9BrClF3S. The Morgan fingerprint density at radius 1 is 1.31 bits per heavy atom. The molecule has 1 rings (SSSR count). The molecule has 0 radical (unpaired) electrons. The quantitative estimate of drug-likeness (QED) is 0.533. The van der Waals surface area contributed by atoms with Gasteiger partial charge in [-0.1, -0.05) is 39.7 Å². The zero-order valence-electron chi connectivity index (χ0n) is 8.15. The molecule has 0 aliphatic rings. The Labute approximate surface area is 110 Å². The molecule has 0 saturated heterocycles. The van der Waals surface area contributed by atoms with E-state index in [9.17, 15) is 13.2 Å². The Morgan fingerprint density at radius 3 is 2.56 bits per heavy atom. The molecule has 90 valence electrons. The van der Waals surface area contributed by atoms with Gasteiger partial charge in [0, 0.05) is 10.2 Å². The summed E-state index contributed by atoms with van der Waals surface area (Å²) in [6, 6.07) is 4.74. The molecule has 0 spiro atoms. The van der Waals surface area contributed by atoms with E-state index in [-0.39, 0.29) is 21.7 Å². The largest absolute Gasteiger partial charge is 0.446 e. The van der Waals surface area contributed by atoms with Crippen molar-refractivity contribution in [3.63, 3.8) is 0 Å². The predicted molar refractivity (Wildman–Crippen MR) is 65.5 cm³/mol. The minimum atomic E-state index is -4.29. The van der Waals surface area contributed by atoms with Gasteiger partial charge in [0.1, 0.15) is 0 Å². The van der Waals surface area contributed by atoms with Crippen molar-refractivity contribution in [3.05, 3.63) is 28.8 Å². The third-order valence-corrected chi connectivity index (χ3v) is 3.76. The van der Waals surface area contributed by atoms with Crippen molar-refractivity contribution in [2.24, 2.45) is 0 Å². The molecule has 0 unspecified atom stereocenters. The zero-order valence-corrected chi connectivity index (χ0v) is 11.3. The summed E-state index contributed by atoms with van der Waals surface area (Å²) in [4.78, 5) is 0.0706. The van der Waals surface area contributed by atoms with Gasteiger partial charge in [-0.25, -0.2) is 0 Å². The van der Waals surface area contributed by atoms with Crippen molar-refractivity contribution >= 4 is 39.3 Å². The first-order valence-corrected chi connectivity index (χ1v) is 6.84. The maximum Gasteiger partial charge on any atom is 0.446 e. The number of hydrogen-bond donors (Lipinski definition) is 0. The highest BCUT2D eigenvalue weighted by Gasteiger charge is 2.30. The third kappa shape index (κ3) is 4.55. The molecule has 0 amide bonds. The molecule has 0 fully saturated rings. The number of thioether (sulfide) groups is 1. The van der Waals surface area contributed by atoms with Crippen LogP contribution in [0.1, 0.15) is 12.0 Å². The maximum atomic E-state index is 12.2. The van der Waals surface area contributed by atoms with E-state index in [2.05, 4.69) is 15.9 Å². The van der Waals surface area contributed by atoms with Crippen molar-refractivity contribution in [3.8, 4) is 0 Å². The fourth-order valence-electron chi connectivity index (χ4n) is 1.21. The molecule has 0 N–H and O–H groups in total. The highest BCUT2D eigenvalue weighted by Crippen LogP contribution is 2.41. The molecule has 0 aliphatic carbocycles. The minimum Gasteiger partial charge on any atom is -0.160 e. The smallest absolute Gasteiger partial charge is 0.160 e. The van der Waals surface area contributed by atoms with Gasteiger partial charge in [0.05, 0.1) is 5.02 Å². The molecule has 6 heteroatoms. The highest BCUT2D eigenvalue weighted by molar-refractivity contribution is 9.09. The van der Waals surface area contributed by atoms with Gasteiger partial charge in [0.2, 0.25) is 0 Å². The molecule has 1 aromatic rings. The molecule has 0 aromatic heterocycles. The van der Waals surface area contributed by atoms with Crippen molar-refractivity contribution in [2.45, 2.75) is 23.2 Å². The second-order valence-electron chi connectivity index (χ2n) is 3.07. The van der Waals surface area contributed by atoms with E-state index in [0.29, 0.717) is 6.42 Å². The number of aryl methyl sites for hydroxylation is 1. The first-order valence-electron chi connectivity index (χ1n) is 4.53. The lowest BCUT2D eigenvalue weighted by Crippen LogP contribution is -2.00. The van der Waals surface area contributed by atoms with E-state index in [1.165, 1.54) is 6.07 Å². The van der Waals surface area contributed by atoms with Crippen LogP contribution in [0.5, 0.6) is 0 Å². The van der Waals surface area contributed by atoms with Crippen LogP contribution < -0.4 is 0 Å². The van der Waals surface area contributed by atoms with Crippen molar-refractivity contribution < 1.29 is 13.2 Å². The summed E-state index contributed by atoms with van der Waals surface area (Å²) in [5, 5.41) is 1.02. The molecule has 0 atom stereocenters. The van der Waals surface area contributed by atoms with Gasteiger partial charge in [-0.2, -0.15) is 13.2 Å². The van der Waals surface area contributed by atoms with Crippen LogP contribution in [0.4, 0.5) is 13.2 Å². The number of rotatable bonds is 4. The fraction of sp³-hybridized carbons (Fsp3) is 0.400. The Balaban J connectivity index is 2.86. The Kier molecular flexibility index (Phi) is 5.47. The monoisotopic (exact) mass is 332 g/mol. The summed E-state index contributed by atoms with van der Waals surface area (Å²) < 4.78 is 36.6. The van der Waals surface area contributed by atoms with Crippen LogP contribution in [0, 0.1) is 0 Å². The Hall–Kier alpha value is 0.130. The molecule has 0 nitrogen and oxygen atoms in total. The number of alkyl halides is 4. The van der Waals surface area contributed by atoms with E-state index in [1.807, 2.05) is 0 Å². The second-order valence-corrected chi connectivity index (χ2v) is 5.35. The van der Waals surface area contributed by atoms with E-state index >= 15 is 0 Å². The van der Waals surface area contributed by atoms with Gasteiger partial charge in [-0.3, -0.25) is 0 Å². The minimum absolute atomic E-state index is 0.0706. The molecule has 1 aromatic carbocycles. The van der Waals surface area contributed by atoms with Gasteiger partial charge in [0.15, 0.2) is 0 Å². The molecular weight excluding hydrogens is 325 g/mol. The van der Waals surface area contributed by atoms with Gasteiger partial charge in [-0.05, 0) is 36.2 Å². The standard InChI is InChI=1S/C10H9BrClF3S/c11-6-2-4-7-3-1-5-8(9(7)12)16-10(13,14)15/h1,3,5H,2,4,6H2. The van der Waals surface area contributed by atoms with E-state index in [4.69, 9.17) is 11.6 Å². The van der Waals surface area contributed by atoms with Crippen LogP contribution >= 0.6 is 39.3 Å². The summed E-state index contributed by atoms with van der Waals surface area (Å²) in [5.41, 5.74) is -3.53. The summed E-state index contributed by atoms with van der Waals surface area (Å²) in [7, 11) is 0. The average molecular weight is 334 g/mol. The van der Waals surface area contributed by atoms with Crippen LogP contribution in [-0.2, 0) is 6.42 Å². The predicted octanol–water partition coefficient (Wildman–Crippen LogP) is 5.28.